The van der Waals surface area contributed by atoms with E-state index in [-0.39, 0.29) is 11.6 Å². The molecule has 0 radical (unpaired) electrons. The molecule has 4 rings (SSSR count). The van der Waals surface area contributed by atoms with Crippen molar-refractivity contribution in [2.45, 2.75) is 26.1 Å². The van der Waals surface area contributed by atoms with Gasteiger partial charge in [-0.3, -0.25) is 4.79 Å². The van der Waals surface area contributed by atoms with E-state index < -0.39 is 11.7 Å². The molecule has 32 heavy (non-hydrogen) atoms. The molecule has 1 aliphatic heterocycles. The first-order valence-corrected chi connectivity index (χ1v) is 9.98. The number of halogens is 3. The quantitative estimate of drug-likeness (QED) is 0.597. The van der Waals surface area contributed by atoms with Gasteiger partial charge in [0.1, 0.15) is 0 Å². The molecular formula is C23H22F3N3O3. The van der Waals surface area contributed by atoms with E-state index in [4.69, 9.17) is 9.47 Å². The summed E-state index contributed by atoms with van der Waals surface area (Å²) in [6.07, 6.45) is -2.40. The highest BCUT2D eigenvalue weighted by Gasteiger charge is 2.31. The minimum atomic E-state index is -4.46. The lowest BCUT2D eigenvalue weighted by Crippen LogP contribution is -2.36. The van der Waals surface area contributed by atoms with Crippen LogP contribution in [0, 0.1) is 6.92 Å². The van der Waals surface area contributed by atoms with Crippen LogP contribution >= 0.6 is 0 Å². The van der Waals surface area contributed by atoms with Gasteiger partial charge >= 0.3 is 6.18 Å². The molecule has 9 heteroatoms. The third kappa shape index (κ3) is 3.90. The van der Waals surface area contributed by atoms with Gasteiger partial charge in [0.2, 0.25) is 0 Å². The van der Waals surface area contributed by atoms with Crippen LogP contribution in [0.15, 0.2) is 42.6 Å². The van der Waals surface area contributed by atoms with Crippen LogP contribution < -0.4 is 9.47 Å². The summed E-state index contributed by atoms with van der Waals surface area (Å²) < 4.78 is 51.3. The van der Waals surface area contributed by atoms with Crippen LogP contribution in [0.3, 0.4) is 0 Å². The molecule has 1 aliphatic rings. The van der Waals surface area contributed by atoms with Crippen LogP contribution in [0.4, 0.5) is 13.2 Å². The van der Waals surface area contributed by atoms with Gasteiger partial charge in [0, 0.05) is 13.1 Å². The van der Waals surface area contributed by atoms with Crippen molar-refractivity contribution < 1.29 is 27.4 Å². The summed E-state index contributed by atoms with van der Waals surface area (Å²) in [6.45, 7) is 2.57. The molecule has 0 bridgehead atoms. The number of ether oxygens (including phenoxy) is 2. The zero-order valence-electron chi connectivity index (χ0n) is 17.9. The number of amides is 1. The number of fused-ring (bicyclic) bond motifs is 1. The topological polar surface area (TPSA) is 56.6 Å². The van der Waals surface area contributed by atoms with Crippen molar-refractivity contribution in [3.8, 4) is 17.2 Å². The molecule has 168 valence electrons. The van der Waals surface area contributed by atoms with E-state index in [0.717, 1.165) is 23.3 Å². The fourth-order valence-electron chi connectivity index (χ4n) is 3.92. The number of benzene rings is 2. The Balaban J connectivity index is 1.60. The summed E-state index contributed by atoms with van der Waals surface area (Å²) in [5.74, 6) is 1.01. The molecular weight excluding hydrogens is 423 g/mol. The molecule has 0 aliphatic carbocycles. The van der Waals surface area contributed by atoms with Crippen molar-refractivity contribution in [2.75, 3.05) is 20.8 Å². The molecule has 0 spiro atoms. The van der Waals surface area contributed by atoms with E-state index in [9.17, 15) is 18.0 Å². The Bertz CT molecular complexity index is 1170. The minimum Gasteiger partial charge on any atom is -0.493 e. The molecule has 6 nitrogen and oxygen atoms in total. The molecule has 1 aromatic heterocycles. The van der Waals surface area contributed by atoms with Crippen LogP contribution in [0.5, 0.6) is 11.5 Å². The van der Waals surface area contributed by atoms with E-state index >= 15 is 0 Å². The first kappa shape index (κ1) is 21.7. The Kier molecular flexibility index (Phi) is 5.58. The van der Waals surface area contributed by atoms with E-state index in [0.29, 0.717) is 42.3 Å². The maximum atomic E-state index is 13.2. The number of hydrogen-bond acceptors (Lipinski definition) is 4. The molecule has 0 saturated heterocycles. The smallest absolute Gasteiger partial charge is 0.416 e. The second-order valence-corrected chi connectivity index (χ2v) is 7.56. The lowest BCUT2D eigenvalue weighted by molar-refractivity contribution is -0.137. The summed E-state index contributed by atoms with van der Waals surface area (Å²) in [5.41, 5.74) is 2.36. The predicted molar refractivity (Wildman–Crippen MR) is 111 cm³/mol. The van der Waals surface area contributed by atoms with E-state index in [1.807, 2.05) is 12.1 Å². The van der Waals surface area contributed by atoms with Gasteiger partial charge in [0.25, 0.3) is 5.91 Å². The zero-order chi connectivity index (χ0) is 23.0. The van der Waals surface area contributed by atoms with Gasteiger partial charge in [-0.25, -0.2) is 4.68 Å². The second kappa shape index (κ2) is 8.22. The SMILES string of the molecule is COc1cc2c(cc1OC)CN(C(=O)c1cnn(-c3cccc(C(F)(F)F)c3)c1C)CC2. The number of carbonyl (C=O) groups is 1. The molecule has 1 amide bonds. The fraction of sp³-hybridized carbons (Fsp3) is 0.304. The lowest BCUT2D eigenvalue weighted by Gasteiger charge is -2.29. The fourth-order valence-corrected chi connectivity index (χ4v) is 3.92. The van der Waals surface area contributed by atoms with E-state index in [1.54, 1.807) is 26.0 Å². The van der Waals surface area contributed by atoms with Crippen LogP contribution in [0.25, 0.3) is 5.69 Å². The highest BCUT2D eigenvalue weighted by atomic mass is 19.4. The molecule has 0 N–H and O–H groups in total. The predicted octanol–water partition coefficient (Wildman–Crippen LogP) is 4.42. The van der Waals surface area contributed by atoms with Gasteiger partial charge in [-0.05, 0) is 54.8 Å². The third-order valence-electron chi connectivity index (χ3n) is 5.66. The monoisotopic (exact) mass is 445 g/mol. The first-order chi connectivity index (χ1) is 15.2. The number of alkyl halides is 3. The van der Waals surface area contributed by atoms with Crippen molar-refractivity contribution in [1.82, 2.24) is 14.7 Å². The van der Waals surface area contributed by atoms with E-state index in [2.05, 4.69) is 5.10 Å². The van der Waals surface area contributed by atoms with Crippen molar-refractivity contribution in [1.29, 1.82) is 0 Å². The van der Waals surface area contributed by atoms with Gasteiger partial charge in [-0.2, -0.15) is 18.3 Å². The Morgan fingerprint density at radius 2 is 1.75 bits per heavy atom. The van der Waals surface area contributed by atoms with Crippen molar-refractivity contribution >= 4 is 5.91 Å². The van der Waals surface area contributed by atoms with Gasteiger partial charge in [0.05, 0.1) is 42.9 Å². The van der Waals surface area contributed by atoms with Gasteiger partial charge < -0.3 is 14.4 Å². The van der Waals surface area contributed by atoms with Crippen molar-refractivity contribution in [2.24, 2.45) is 0 Å². The summed E-state index contributed by atoms with van der Waals surface area (Å²) in [4.78, 5) is 14.9. The van der Waals surface area contributed by atoms with Crippen molar-refractivity contribution in [3.05, 3.63) is 70.5 Å². The molecule has 2 heterocycles. The Hall–Kier alpha value is -3.49. The van der Waals surface area contributed by atoms with Crippen molar-refractivity contribution in [3.63, 3.8) is 0 Å². The maximum Gasteiger partial charge on any atom is 0.416 e. The Morgan fingerprint density at radius 1 is 1.06 bits per heavy atom. The highest BCUT2D eigenvalue weighted by Crippen LogP contribution is 2.34. The Labute approximate surface area is 183 Å². The first-order valence-electron chi connectivity index (χ1n) is 9.98. The molecule has 0 atom stereocenters. The molecule has 2 aromatic carbocycles. The summed E-state index contributed by atoms with van der Waals surface area (Å²) in [7, 11) is 3.13. The summed E-state index contributed by atoms with van der Waals surface area (Å²) in [5, 5.41) is 4.18. The lowest BCUT2D eigenvalue weighted by atomic mass is 9.98. The highest BCUT2D eigenvalue weighted by molar-refractivity contribution is 5.95. The number of hydrogen-bond donors (Lipinski definition) is 0. The van der Waals surface area contributed by atoms with E-state index in [1.165, 1.54) is 23.0 Å². The van der Waals surface area contributed by atoms with Crippen LogP contribution in [0.1, 0.15) is 32.7 Å². The standard InChI is InChI=1S/C23H22F3N3O3/c1-14-19(12-27-29(14)18-6-4-5-17(11-18)23(24,25)26)22(30)28-8-7-15-9-20(31-2)21(32-3)10-16(15)13-28/h4-6,9-12H,7-8,13H2,1-3H3. The number of rotatable bonds is 4. The number of carbonyl (C=O) groups excluding carboxylic acids is 1. The molecule has 0 fully saturated rings. The number of methoxy groups -OCH3 is 2. The Morgan fingerprint density at radius 3 is 2.41 bits per heavy atom. The molecule has 0 saturated carbocycles. The third-order valence-corrected chi connectivity index (χ3v) is 5.66. The number of nitrogens with zero attached hydrogens (tertiary/aromatic N) is 3. The summed E-state index contributed by atoms with van der Waals surface area (Å²) in [6, 6.07) is 8.66. The minimum absolute atomic E-state index is 0.221. The summed E-state index contributed by atoms with van der Waals surface area (Å²) >= 11 is 0. The molecule has 3 aromatic rings. The van der Waals surface area contributed by atoms with Gasteiger partial charge in [-0.15, -0.1) is 0 Å². The van der Waals surface area contributed by atoms with Gasteiger partial charge in [-0.1, -0.05) is 6.07 Å². The second-order valence-electron chi connectivity index (χ2n) is 7.56. The average molecular weight is 445 g/mol. The largest absolute Gasteiger partial charge is 0.493 e. The van der Waals surface area contributed by atoms with Gasteiger partial charge in [0.15, 0.2) is 11.5 Å². The average Bonchev–Trinajstić information content (AvgIpc) is 3.17. The van der Waals surface area contributed by atoms with Crippen LogP contribution in [-0.2, 0) is 19.1 Å². The zero-order valence-corrected chi connectivity index (χ0v) is 17.9. The van der Waals surface area contributed by atoms with Crippen LogP contribution in [0.2, 0.25) is 0 Å². The number of aromatic nitrogens is 2. The normalized spacial score (nSPS) is 13.6. The molecule has 0 unspecified atom stereocenters. The van der Waals surface area contributed by atoms with Crippen LogP contribution in [-0.4, -0.2) is 41.4 Å². The maximum absolute atomic E-state index is 13.2.